The van der Waals surface area contributed by atoms with E-state index in [0.29, 0.717) is 11.4 Å². The van der Waals surface area contributed by atoms with Gasteiger partial charge in [0.1, 0.15) is 5.03 Å². The monoisotopic (exact) mass is 424 g/mol. The van der Waals surface area contributed by atoms with Gasteiger partial charge in [-0.1, -0.05) is 60.1 Å². The van der Waals surface area contributed by atoms with E-state index in [0.717, 1.165) is 40.3 Å². The zero-order chi connectivity index (χ0) is 20.3. The highest BCUT2D eigenvalue weighted by molar-refractivity contribution is 7.99. The molecule has 0 amide bonds. The second-order valence-electron chi connectivity index (χ2n) is 7.29. The van der Waals surface area contributed by atoms with Gasteiger partial charge >= 0.3 is 0 Å². The number of hydrogen-bond donors (Lipinski definition) is 0. The van der Waals surface area contributed by atoms with Crippen LogP contribution in [-0.4, -0.2) is 24.3 Å². The molecule has 4 rings (SSSR count). The van der Waals surface area contributed by atoms with E-state index in [9.17, 15) is 8.42 Å². The van der Waals surface area contributed by atoms with Crippen molar-refractivity contribution in [2.45, 2.75) is 47.0 Å². The maximum atomic E-state index is 13.3. The molecule has 1 unspecified atom stereocenters. The number of nitrogens with zero attached hydrogens (tertiary/aromatic N) is 2. The Hall–Kier alpha value is -2.15. The second-order valence-corrected chi connectivity index (χ2v) is 10.3. The number of piperidine rings is 1. The van der Waals surface area contributed by atoms with E-state index in [4.69, 9.17) is 0 Å². The van der Waals surface area contributed by atoms with Crippen molar-refractivity contribution in [1.82, 2.24) is 9.29 Å². The first-order valence-corrected chi connectivity index (χ1v) is 12.1. The van der Waals surface area contributed by atoms with E-state index < -0.39 is 10.0 Å². The molecular weight excluding hydrogens is 400 g/mol. The summed E-state index contributed by atoms with van der Waals surface area (Å²) in [5, 5.41) is 0.906. The van der Waals surface area contributed by atoms with Gasteiger partial charge in [-0.3, -0.25) is 0 Å². The Morgan fingerprint density at radius 1 is 0.966 bits per heavy atom. The molecule has 29 heavy (non-hydrogen) atoms. The minimum absolute atomic E-state index is 0.168. The lowest BCUT2D eigenvalue weighted by molar-refractivity contribution is 0.255. The third-order valence-corrected chi connectivity index (χ3v) is 8.07. The molecule has 0 N–H and O–H groups in total. The van der Waals surface area contributed by atoms with Crippen LogP contribution in [0.25, 0.3) is 0 Å². The Labute approximate surface area is 177 Å². The second kappa shape index (κ2) is 8.69. The molecule has 2 heterocycles. The van der Waals surface area contributed by atoms with Gasteiger partial charge in [0.2, 0.25) is 10.0 Å². The van der Waals surface area contributed by atoms with Gasteiger partial charge in [-0.15, -0.1) is 0 Å². The SMILES string of the molecule is Cc1ccc(S(=O)(=O)N2CCCCC2c2ccc(Sc3ccccc3)nc2)cc1. The molecule has 0 bridgehead atoms. The minimum Gasteiger partial charge on any atom is -0.249 e. The molecule has 0 saturated carbocycles. The van der Waals surface area contributed by atoms with Crippen molar-refractivity contribution in [3.8, 4) is 0 Å². The molecule has 0 spiro atoms. The van der Waals surface area contributed by atoms with Crippen LogP contribution in [0.1, 0.15) is 36.4 Å². The highest BCUT2D eigenvalue weighted by atomic mass is 32.2. The summed E-state index contributed by atoms with van der Waals surface area (Å²) in [5.41, 5.74) is 2.01. The average Bonchev–Trinajstić information content (AvgIpc) is 2.75. The minimum atomic E-state index is -3.53. The molecule has 1 aliphatic heterocycles. The van der Waals surface area contributed by atoms with Crippen LogP contribution >= 0.6 is 11.8 Å². The lowest BCUT2D eigenvalue weighted by atomic mass is 9.99. The Balaban J connectivity index is 1.58. The average molecular weight is 425 g/mol. The summed E-state index contributed by atoms with van der Waals surface area (Å²) in [6, 6.07) is 21.1. The van der Waals surface area contributed by atoms with Gasteiger partial charge in [0.25, 0.3) is 0 Å². The zero-order valence-electron chi connectivity index (χ0n) is 16.4. The smallest absolute Gasteiger partial charge is 0.243 e. The molecule has 4 nitrogen and oxygen atoms in total. The molecule has 1 aromatic heterocycles. The number of sulfonamides is 1. The fourth-order valence-electron chi connectivity index (χ4n) is 3.63. The summed E-state index contributed by atoms with van der Waals surface area (Å²) in [6.07, 6.45) is 4.55. The van der Waals surface area contributed by atoms with Gasteiger partial charge in [0.15, 0.2) is 0 Å². The molecule has 0 aliphatic carbocycles. The third-order valence-electron chi connectivity index (χ3n) is 5.19. The Kier molecular flexibility index (Phi) is 6.04. The summed E-state index contributed by atoms with van der Waals surface area (Å²) in [7, 11) is -3.53. The van der Waals surface area contributed by atoms with Crippen molar-refractivity contribution in [2.75, 3.05) is 6.54 Å². The van der Waals surface area contributed by atoms with Crippen molar-refractivity contribution in [2.24, 2.45) is 0 Å². The number of benzene rings is 2. The van der Waals surface area contributed by atoms with E-state index in [-0.39, 0.29) is 6.04 Å². The topological polar surface area (TPSA) is 50.3 Å². The van der Waals surface area contributed by atoms with Gasteiger partial charge in [0, 0.05) is 17.6 Å². The standard InChI is InChI=1S/C23H24N2O2S2/c1-18-10-13-21(14-11-18)29(26,27)25-16-6-5-9-22(25)19-12-15-23(24-17-19)28-20-7-3-2-4-8-20/h2-4,7-8,10-15,17,22H,5-6,9,16H2,1H3. The summed E-state index contributed by atoms with van der Waals surface area (Å²) in [4.78, 5) is 6.09. The Morgan fingerprint density at radius 3 is 2.41 bits per heavy atom. The lowest BCUT2D eigenvalue weighted by Crippen LogP contribution is -2.38. The molecule has 1 fully saturated rings. The number of aromatic nitrogens is 1. The summed E-state index contributed by atoms with van der Waals surface area (Å²) >= 11 is 1.60. The zero-order valence-corrected chi connectivity index (χ0v) is 18.0. The number of rotatable bonds is 5. The van der Waals surface area contributed by atoms with Crippen molar-refractivity contribution in [3.05, 3.63) is 84.1 Å². The molecular formula is C23H24N2O2S2. The van der Waals surface area contributed by atoms with Crippen molar-refractivity contribution in [3.63, 3.8) is 0 Å². The fourth-order valence-corrected chi connectivity index (χ4v) is 6.09. The van der Waals surface area contributed by atoms with Gasteiger partial charge in [-0.05, 0) is 55.7 Å². The summed E-state index contributed by atoms with van der Waals surface area (Å²) in [6.45, 7) is 2.50. The predicted molar refractivity (Wildman–Crippen MR) is 116 cm³/mol. The molecule has 3 aromatic rings. The summed E-state index contributed by atoms with van der Waals surface area (Å²) in [5.74, 6) is 0. The van der Waals surface area contributed by atoms with Gasteiger partial charge in [-0.25, -0.2) is 13.4 Å². The first-order valence-electron chi connectivity index (χ1n) is 9.81. The largest absolute Gasteiger partial charge is 0.249 e. The molecule has 1 aliphatic rings. The Bertz CT molecular complexity index is 1050. The third kappa shape index (κ3) is 4.55. The van der Waals surface area contributed by atoms with Crippen LogP contribution in [-0.2, 0) is 10.0 Å². The molecule has 2 aromatic carbocycles. The molecule has 1 atom stereocenters. The van der Waals surface area contributed by atoms with Crippen molar-refractivity contribution < 1.29 is 8.42 Å². The first-order chi connectivity index (χ1) is 14.0. The van der Waals surface area contributed by atoms with E-state index in [2.05, 4.69) is 17.1 Å². The Morgan fingerprint density at radius 2 is 1.72 bits per heavy atom. The lowest BCUT2D eigenvalue weighted by Gasteiger charge is -2.34. The van der Waals surface area contributed by atoms with E-state index >= 15 is 0 Å². The van der Waals surface area contributed by atoms with Crippen LogP contribution in [0.4, 0.5) is 0 Å². The van der Waals surface area contributed by atoms with Crippen LogP contribution < -0.4 is 0 Å². The number of hydrogen-bond acceptors (Lipinski definition) is 4. The normalized spacial score (nSPS) is 17.9. The van der Waals surface area contributed by atoms with E-state index in [1.807, 2.05) is 55.6 Å². The van der Waals surface area contributed by atoms with Gasteiger partial charge in [0.05, 0.1) is 10.9 Å². The van der Waals surface area contributed by atoms with E-state index in [1.54, 1.807) is 28.2 Å². The number of aryl methyl sites for hydroxylation is 1. The highest BCUT2D eigenvalue weighted by Gasteiger charge is 2.34. The fraction of sp³-hybridized carbons (Fsp3) is 0.261. The highest BCUT2D eigenvalue weighted by Crippen LogP contribution is 2.36. The van der Waals surface area contributed by atoms with Crippen LogP contribution in [0, 0.1) is 6.92 Å². The van der Waals surface area contributed by atoms with Crippen molar-refractivity contribution in [1.29, 1.82) is 0 Å². The predicted octanol–water partition coefficient (Wildman–Crippen LogP) is 5.46. The molecule has 1 saturated heterocycles. The van der Waals surface area contributed by atoms with Gasteiger partial charge in [-0.2, -0.15) is 4.31 Å². The molecule has 6 heteroatoms. The van der Waals surface area contributed by atoms with Gasteiger partial charge < -0.3 is 0 Å². The summed E-state index contributed by atoms with van der Waals surface area (Å²) < 4.78 is 28.2. The molecule has 150 valence electrons. The van der Waals surface area contributed by atoms with Crippen LogP contribution in [0.3, 0.4) is 0 Å². The van der Waals surface area contributed by atoms with Crippen LogP contribution in [0.2, 0.25) is 0 Å². The van der Waals surface area contributed by atoms with Crippen LogP contribution in [0.15, 0.2) is 87.7 Å². The van der Waals surface area contributed by atoms with E-state index in [1.165, 1.54) is 0 Å². The molecule has 0 radical (unpaired) electrons. The maximum Gasteiger partial charge on any atom is 0.243 e. The number of pyridine rings is 1. The van der Waals surface area contributed by atoms with Crippen molar-refractivity contribution >= 4 is 21.8 Å². The maximum absolute atomic E-state index is 13.3. The quantitative estimate of drug-likeness (QED) is 0.546. The first kappa shape index (κ1) is 20.1. The van der Waals surface area contributed by atoms with Crippen LogP contribution in [0.5, 0.6) is 0 Å².